The molecule has 11 heteroatoms. The third kappa shape index (κ3) is 4.47. The van der Waals surface area contributed by atoms with Crippen molar-refractivity contribution in [2.75, 3.05) is 6.61 Å². The van der Waals surface area contributed by atoms with Crippen LogP contribution in [0.15, 0.2) is 68.0 Å². The lowest BCUT2D eigenvalue weighted by atomic mass is 10.2. The molecule has 4 N–H and O–H groups in total. The number of rotatable bonds is 6. The van der Waals surface area contributed by atoms with Crippen LogP contribution in [0, 0.1) is 0 Å². The molecule has 0 radical (unpaired) electrons. The molecular weight excluding hydrogens is 412 g/mol. The molecule has 30 heavy (non-hydrogen) atoms. The SMILES string of the molecule is CCOc1ccc(-n2c(O)c(C=Nc3ccc(S(N)(=O)=O)cc3)c(=O)[nH]c2=O)cc1. The van der Waals surface area contributed by atoms with E-state index in [-0.39, 0.29) is 10.5 Å². The van der Waals surface area contributed by atoms with Crippen molar-refractivity contribution >= 4 is 21.9 Å². The predicted octanol–water partition coefficient (Wildman–Crippen LogP) is 1.03. The molecule has 0 aliphatic heterocycles. The number of nitrogens with one attached hydrogen (secondary N) is 1. The van der Waals surface area contributed by atoms with Crippen LogP contribution in [0.5, 0.6) is 11.6 Å². The summed E-state index contributed by atoms with van der Waals surface area (Å²) in [6, 6.07) is 11.6. The summed E-state index contributed by atoms with van der Waals surface area (Å²) in [5.41, 5.74) is -1.29. The molecule has 0 spiro atoms. The lowest BCUT2D eigenvalue weighted by Gasteiger charge is -2.10. The van der Waals surface area contributed by atoms with Crippen molar-refractivity contribution in [3.8, 4) is 17.3 Å². The third-order valence-electron chi connectivity index (χ3n) is 4.03. The Morgan fingerprint density at radius 1 is 1.13 bits per heavy atom. The molecule has 0 atom stereocenters. The monoisotopic (exact) mass is 430 g/mol. The van der Waals surface area contributed by atoms with E-state index in [0.29, 0.717) is 23.7 Å². The fourth-order valence-electron chi connectivity index (χ4n) is 2.61. The summed E-state index contributed by atoms with van der Waals surface area (Å²) < 4.78 is 28.9. The quantitative estimate of drug-likeness (QED) is 0.496. The molecule has 1 heterocycles. The number of benzene rings is 2. The lowest BCUT2D eigenvalue weighted by Crippen LogP contribution is -2.31. The van der Waals surface area contributed by atoms with Crippen molar-refractivity contribution < 1.29 is 18.3 Å². The number of aromatic nitrogens is 2. The number of aromatic amines is 1. The van der Waals surface area contributed by atoms with Crippen LogP contribution in [0.1, 0.15) is 12.5 Å². The van der Waals surface area contributed by atoms with Gasteiger partial charge >= 0.3 is 5.69 Å². The Morgan fingerprint density at radius 2 is 1.77 bits per heavy atom. The van der Waals surface area contributed by atoms with Crippen LogP contribution in [-0.2, 0) is 10.0 Å². The van der Waals surface area contributed by atoms with Gasteiger partial charge in [0, 0.05) is 6.21 Å². The van der Waals surface area contributed by atoms with Gasteiger partial charge in [-0.05, 0) is 55.5 Å². The molecule has 1 aromatic heterocycles. The molecule has 3 rings (SSSR count). The van der Waals surface area contributed by atoms with Gasteiger partial charge in [0.05, 0.1) is 22.9 Å². The number of H-pyrrole nitrogens is 1. The highest BCUT2D eigenvalue weighted by Crippen LogP contribution is 2.20. The second-order valence-corrected chi connectivity index (χ2v) is 7.62. The molecule has 0 fully saturated rings. The van der Waals surface area contributed by atoms with Gasteiger partial charge in [-0.3, -0.25) is 14.8 Å². The average Bonchev–Trinajstić information content (AvgIpc) is 2.69. The zero-order valence-electron chi connectivity index (χ0n) is 15.8. The minimum absolute atomic E-state index is 0.0915. The first-order valence-corrected chi connectivity index (χ1v) is 10.2. The van der Waals surface area contributed by atoms with Crippen LogP contribution in [0.3, 0.4) is 0 Å². The minimum atomic E-state index is -3.84. The largest absolute Gasteiger partial charge is 0.494 e. The number of hydrogen-bond donors (Lipinski definition) is 3. The molecule has 0 aliphatic carbocycles. The highest BCUT2D eigenvalue weighted by molar-refractivity contribution is 7.89. The van der Waals surface area contributed by atoms with Crippen LogP contribution in [0.2, 0.25) is 0 Å². The summed E-state index contributed by atoms with van der Waals surface area (Å²) in [5, 5.41) is 15.6. The van der Waals surface area contributed by atoms with E-state index < -0.39 is 27.2 Å². The van der Waals surface area contributed by atoms with Gasteiger partial charge in [0.15, 0.2) is 0 Å². The summed E-state index contributed by atoms with van der Waals surface area (Å²) in [5.74, 6) is -0.0132. The highest BCUT2D eigenvalue weighted by atomic mass is 32.2. The third-order valence-corrected chi connectivity index (χ3v) is 4.96. The van der Waals surface area contributed by atoms with E-state index in [1.165, 1.54) is 24.3 Å². The zero-order valence-corrected chi connectivity index (χ0v) is 16.6. The van der Waals surface area contributed by atoms with Gasteiger partial charge < -0.3 is 9.84 Å². The summed E-state index contributed by atoms with van der Waals surface area (Å²) in [6.07, 6.45) is 1.07. The number of aromatic hydroxyl groups is 1. The van der Waals surface area contributed by atoms with E-state index >= 15 is 0 Å². The van der Waals surface area contributed by atoms with Crippen LogP contribution < -0.4 is 21.1 Å². The van der Waals surface area contributed by atoms with E-state index in [2.05, 4.69) is 9.98 Å². The molecule has 0 amide bonds. The Kier molecular flexibility index (Phi) is 5.85. The van der Waals surface area contributed by atoms with Crippen molar-refractivity contribution in [2.45, 2.75) is 11.8 Å². The van der Waals surface area contributed by atoms with Gasteiger partial charge in [0.2, 0.25) is 15.9 Å². The fourth-order valence-corrected chi connectivity index (χ4v) is 3.13. The van der Waals surface area contributed by atoms with E-state index in [0.717, 1.165) is 10.8 Å². The number of primary sulfonamides is 1. The normalized spacial score (nSPS) is 11.7. The summed E-state index contributed by atoms with van der Waals surface area (Å²) in [7, 11) is -3.84. The molecule has 3 aromatic rings. The van der Waals surface area contributed by atoms with E-state index in [1.807, 2.05) is 6.92 Å². The van der Waals surface area contributed by atoms with Crippen molar-refractivity contribution in [3.63, 3.8) is 0 Å². The molecule has 2 aromatic carbocycles. The Balaban J connectivity index is 2.00. The first-order valence-electron chi connectivity index (χ1n) is 8.69. The van der Waals surface area contributed by atoms with E-state index in [1.54, 1.807) is 24.3 Å². The molecule has 10 nitrogen and oxygen atoms in total. The van der Waals surface area contributed by atoms with Crippen LogP contribution >= 0.6 is 0 Å². The topological polar surface area (TPSA) is 157 Å². The number of nitrogens with two attached hydrogens (primary N) is 1. The van der Waals surface area contributed by atoms with Gasteiger partial charge in [0.25, 0.3) is 5.56 Å². The number of ether oxygens (including phenoxy) is 1. The second-order valence-electron chi connectivity index (χ2n) is 6.06. The molecule has 0 aliphatic rings. The smallest absolute Gasteiger partial charge is 0.335 e. The molecule has 0 saturated heterocycles. The molecule has 0 saturated carbocycles. The standard InChI is InChI=1S/C19H18N4O6S/c1-2-29-14-7-5-13(6-8-14)23-18(25)16(17(24)22-19(23)26)11-21-12-3-9-15(10-4-12)30(20,27)28/h3-11,25H,2H2,1H3,(H2,20,27,28)(H,22,24,26). The van der Waals surface area contributed by atoms with Crippen LogP contribution in [0.25, 0.3) is 5.69 Å². The Morgan fingerprint density at radius 3 is 2.33 bits per heavy atom. The van der Waals surface area contributed by atoms with Crippen molar-refractivity contribution in [1.29, 1.82) is 0 Å². The van der Waals surface area contributed by atoms with E-state index in [9.17, 15) is 23.1 Å². The summed E-state index contributed by atoms with van der Waals surface area (Å²) in [6.45, 7) is 2.31. The maximum atomic E-state index is 12.2. The minimum Gasteiger partial charge on any atom is -0.494 e. The van der Waals surface area contributed by atoms with Crippen LogP contribution in [0.4, 0.5) is 5.69 Å². The first kappa shape index (κ1) is 21.0. The zero-order chi connectivity index (χ0) is 21.9. The summed E-state index contributed by atoms with van der Waals surface area (Å²) >= 11 is 0. The van der Waals surface area contributed by atoms with Crippen molar-refractivity contribution in [1.82, 2.24) is 9.55 Å². The van der Waals surface area contributed by atoms with Gasteiger partial charge in [-0.1, -0.05) is 0 Å². The fraction of sp³-hybridized carbons (Fsp3) is 0.105. The van der Waals surface area contributed by atoms with Crippen molar-refractivity contribution in [3.05, 3.63) is 74.9 Å². The van der Waals surface area contributed by atoms with E-state index in [4.69, 9.17) is 9.88 Å². The van der Waals surface area contributed by atoms with Crippen molar-refractivity contribution in [2.24, 2.45) is 10.1 Å². The first-order chi connectivity index (χ1) is 14.2. The highest BCUT2D eigenvalue weighted by Gasteiger charge is 2.14. The predicted molar refractivity (Wildman–Crippen MR) is 111 cm³/mol. The molecule has 156 valence electrons. The second kappa shape index (κ2) is 8.35. The maximum absolute atomic E-state index is 12.2. The van der Waals surface area contributed by atoms with Gasteiger partial charge in [-0.25, -0.2) is 22.9 Å². The van der Waals surface area contributed by atoms with Gasteiger partial charge in [-0.2, -0.15) is 0 Å². The van der Waals surface area contributed by atoms with Crippen LogP contribution in [-0.4, -0.2) is 35.9 Å². The Bertz CT molecular complexity index is 1310. The number of nitrogens with zero attached hydrogens (tertiary/aromatic N) is 2. The Hall–Kier alpha value is -3.70. The average molecular weight is 430 g/mol. The number of sulfonamides is 1. The van der Waals surface area contributed by atoms with Gasteiger partial charge in [-0.15, -0.1) is 0 Å². The lowest BCUT2D eigenvalue weighted by molar-refractivity contribution is 0.340. The number of hydrogen-bond acceptors (Lipinski definition) is 7. The molecule has 0 unspecified atom stereocenters. The summed E-state index contributed by atoms with van der Waals surface area (Å²) in [4.78, 5) is 30.5. The maximum Gasteiger partial charge on any atom is 0.335 e. The molecular formula is C19H18N4O6S. The number of aliphatic imine (C=N–C) groups is 1. The van der Waals surface area contributed by atoms with Gasteiger partial charge in [0.1, 0.15) is 11.3 Å². The molecule has 0 bridgehead atoms. The Labute approximate surface area is 171 Å².